The number of aliphatic carboxylic acids is 2. The van der Waals surface area contributed by atoms with Crippen molar-refractivity contribution >= 4 is 11.9 Å². The Labute approximate surface area is 174 Å². The summed E-state index contributed by atoms with van der Waals surface area (Å²) in [5, 5.41) is 16.9. The lowest BCUT2D eigenvalue weighted by molar-refractivity contribution is -0.138. The Kier molecular flexibility index (Phi) is 23.1. The summed E-state index contributed by atoms with van der Waals surface area (Å²) in [6.07, 6.45) is 17.3. The summed E-state index contributed by atoms with van der Waals surface area (Å²) in [4.78, 5) is 20.5. The van der Waals surface area contributed by atoms with E-state index in [1.807, 2.05) is 0 Å². The second-order valence-corrected chi connectivity index (χ2v) is 8.53. The Bertz CT molecular complexity index is 347. The lowest BCUT2D eigenvalue weighted by Crippen LogP contribution is -2.01. The van der Waals surface area contributed by atoms with Crippen LogP contribution in [0.5, 0.6) is 0 Å². The Morgan fingerprint density at radius 3 is 1.43 bits per heavy atom. The highest BCUT2D eigenvalue weighted by Gasteiger charge is 2.06. The Balaban J connectivity index is 0. The molecule has 0 fully saturated rings. The predicted molar refractivity (Wildman–Crippen MR) is 119 cm³/mol. The van der Waals surface area contributed by atoms with Crippen molar-refractivity contribution in [2.45, 2.75) is 130 Å². The maximum Gasteiger partial charge on any atom is 0.303 e. The Morgan fingerprint density at radius 1 is 0.607 bits per heavy atom. The van der Waals surface area contributed by atoms with Gasteiger partial charge in [0.1, 0.15) is 0 Å². The van der Waals surface area contributed by atoms with Crippen LogP contribution in [-0.2, 0) is 9.59 Å². The van der Waals surface area contributed by atoms with E-state index in [1.165, 1.54) is 64.2 Å². The van der Waals surface area contributed by atoms with Gasteiger partial charge in [-0.05, 0) is 24.7 Å². The van der Waals surface area contributed by atoms with Gasteiger partial charge in [0.05, 0.1) is 0 Å². The molecule has 0 saturated carbocycles. The first-order valence-electron chi connectivity index (χ1n) is 11.8. The monoisotopic (exact) mass is 400 g/mol. The fraction of sp³-hybridized carbons (Fsp3) is 0.917. The number of carboxylic acid groups (broad SMARTS) is 2. The molecule has 4 nitrogen and oxygen atoms in total. The van der Waals surface area contributed by atoms with Gasteiger partial charge in [-0.1, -0.05) is 105 Å². The third-order valence-corrected chi connectivity index (χ3v) is 5.07. The molecule has 0 amide bonds. The number of rotatable bonds is 18. The number of hydrogen-bond acceptors (Lipinski definition) is 2. The van der Waals surface area contributed by atoms with E-state index in [0.29, 0.717) is 12.8 Å². The zero-order valence-electron chi connectivity index (χ0n) is 19.2. The summed E-state index contributed by atoms with van der Waals surface area (Å²) < 4.78 is 0. The molecule has 28 heavy (non-hydrogen) atoms. The largest absolute Gasteiger partial charge is 0.481 e. The van der Waals surface area contributed by atoms with Crippen molar-refractivity contribution in [1.82, 2.24) is 0 Å². The van der Waals surface area contributed by atoms with Gasteiger partial charge in [-0.15, -0.1) is 0 Å². The third-order valence-electron chi connectivity index (χ3n) is 5.07. The highest BCUT2D eigenvalue weighted by Crippen LogP contribution is 2.20. The zero-order valence-corrected chi connectivity index (χ0v) is 19.2. The van der Waals surface area contributed by atoms with Crippen molar-refractivity contribution in [3.05, 3.63) is 0 Å². The normalized spacial score (nSPS) is 10.8. The second kappa shape index (κ2) is 22.2. The van der Waals surface area contributed by atoms with E-state index in [9.17, 15) is 9.59 Å². The molecular formula is C24H48O4. The van der Waals surface area contributed by atoms with Gasteiger partial charge in [-0.25, -0.2) is 0 Å². The van der Waals surface area contributed by atoms with E-state index in [1.54, 1.807) is 0 Å². The van der Waals surface area contributed by atoms with Gasteiger partial charge >= 0.3 is 11.9 Å². The molecule has 0 bridgehead atoms. The average Bonchev–Trinajstić information content (AvgIpc) is 2.61. The van der Waals surface area contributed by atoms with Gasteiger partial charge in [0, 0.05) is 12.8 Å². The minimum Gasteiger partial charge on any atom is -0.481 e. The number of hydrogen-bond donors (Lipinski definition) is 2. The maximum atomic E-state index is 10.3. The Morgan fingerprint density at radius 2 is 1.00 bits per heavy atom. The summed E-state index contributed by atoms with van der Waals surface area (Å²) in [6.45, 7) is 8.96. The van der Waals surface area contributed by atoms with Crippen molar-refractivity contribution in [3.8, 4) is 0 Å². The fourth-order valence-electron chi connectivity index (χ4n) is 3.49. The molecule has 2 N–H and O–H groups in total. The molecule has 0 aromatic rings. The zero-order chi connectivity index (χ0) is 21.6. The molecule has 0 aliphatic heterocycles. The summed E-state index contributed by atoms with van der Waals surface area (Å²) >= 11 is 0. The molecule has 168 valence electrons. The molecule has 0 unspecified atom stereocenters. The van der Waals surface area contributed by atoms with E-state index in [4.69, 9.17) is 10.2 Å². The smallest absolute Gasteiger partial charge is 0.303 e. The lowest BCUT2D eigenvalue weighted by Gasteiger charge is -2.14. The fourth-order valence-corrected chi connectivity index (χ4v) is 3.49. The van der Waals surface area contributed by atoms with Crippen LogP contribution in [0.25, 0.3) is 0 Å². The standard InChI is InChI=1S/2C12H24O2/c1-11(2)9-7-5-3-4-6-8-10-12(13)14;1-3-7-11(8-4-2)9-5-6-10-12(13)14/h2*11H,3-10H2,1-2H3,(H,13,14). The molecule has 0 heterocycles. The minimum absolute atomic E-state index is 0.338. The van der Waals surface area contributed by atoms with Gasteiger partial charge in [-0.3, -0.25) is 9.59 Å². The van der Waals surface area contributed by atoms with Gasteiger partial charge in [0.15, 0.2) is 0 Å². The first-order chi connectivity index (χ1) is 13.3. The van der Waals surface area contributed by atoms with Crippen LogP contribution in [0.2, 0.25) is 0 Å². The first-order valence-corrected chi connectivity index (χ1v) is 11.8. The molecule has 0 rings (SSSR count). The molecule has 0 aliphatic rings. The van der Waals surface area contributed by atoms with E-state index >= 15 is 0 Å². The predicted octanol–water partition coefficient (Wildman–Crippen LogP) is 7.70. The minimum atomic E-state index is -0.662. The van der Waals surface area contributed by atoms with Crippen molar-refractivity contribution in [3.63, 3.8) is 0 Å². The lowest BCUT2D eigenvalue weighted by atomic mass is 9.92. The molecule has 0 spiro atoms. The maximum absolute atomic E-state index is 10.3. The highest BCUT2D eigenvalue weighted by molar-refractivity contribution is 5.66. The van der Waals surface area contributed by atoms with Crippen LogP contribution in [0, 0.1) is 11.8 Å². The molecule has 0 saturated heterocycles. The topological polar surface area (TPSA) is 74.6 Å². The van der Waals surface area contributed by atoms with E-state index in [2.05, 4.69) is 27.7 Å². The van der Waals surface area contributed by atoms with Crippen molar-refractivity contribution in [2.75, 3.05) is 0 Å². The van der Waals surface area contributed by atoms with Gasteiger partial charge in [0.2, 0.25) is 0 Å². The van der Waals surface area contributed by atoms with Crippen LogP contribution >= 0.6 is 0 Å². The molecule has 4 heteroatoms. The van der Waals surface area contributed by atoms with Gasteiger partial charge in [-0.2, -0.15) is 0 Å². The molecule has 0 aromatic carbocycles. The number of carboxylic acids is 2. The van der Waals surface area contributed by atoms with Crippen LogP contribution in [0.15, 0.2) is 0 Å². The number of carbonyl (C=O) groups is 2. The third kappa shape index (κ3) is 27.2. The van der Waals surface area contributed by atoms with Gasteiger partial charge < -0.3 is 10.2 Å². The molecule has 0 aliphatic carbocycles. The SMILES string of the molecule is CC(C)CCCCCCCCC(=O)O.CCCC(CCC)CCCCC(=O)O. The molecule has 0 atom stereocenters. The van der Waals surface area contributed by atoms with E-state index in [0.717, 1.165) is 37.5 Å². The molecular weight excluding hydrogens is 352 g/mol. The first kappa shape index (κ1) is 29.1. The Hall–Kier alpha value is -1.06. The van der Waals surface area contributed by atoms with Gasteiger partial charge in [0.25, 0.3) is 0 Å². The number of unbranched alkanes of at least 4 members (excludes halogenated alkanes) is 6. The van der Waals surface area contributed by atoms with E-state index < -0.39 is 11.9 Å². The summed E-state index contributed by atoms with van der Waals surface area (Å²) in [6, 6.07) is 0. The van der Waals surface area contributed by atoms with Crippen LogP contribution in [0.3, 0.4) is 0 Å². The average molecular weight is 401 g/mol. The highest BCUT2D eigenvalue weighted by atomic mass is 16.4. The summed E-state index contributed by atoms with van der Waals surface area (Å²) in [5.74, 6) is 0.332. The van der Waals surface area contributed by atoms with Crippen LogP contribution in [0.1, 0.15) is 130 Å². The summed E-state index contributed by atoms with van der Waals surface area (Å²) in [7, 11) is 0. The van der Waals surface area contributed by atoms with E-state index in [-0.39, 0.29) is 0 Å². The summed E-state index contributed by atoms with van der Waals surface area (Å²) in [5.41, 5.74) is 0. The van der Waals surface area contributed by atoms with Crippen LogP contribution in [0.4, 0.5) is 0 Å². The van der Waals surface area contributed by atoms with Crippen molar-refractivity contribution < 1.29 is 19.8 Å². The van der Waals surface area contributed by atoms with Crippen molar-refractivity contribution in [2.24, 2.45) is 11.8 Å². The quantitative estimate of drug-likeness (QED) is 0.231. The van der Waals surface area contributed by atoms with Crippen molar-refractivity contribution in [1.29, 1.82) is 0 Å². The van der Waals surface area contributed by atoms with Crippen LogP contribution in [-0.4, -0.2) is 22.2 Å². The molecule has 0 radical (unpaired) electrons. The second-order valence-electron chi connectivity index (χ2n) is 8.53. The molecule has 0 aromatic heterocycles. The van der Waals surface area contributed by atoms with Crippen LogP contribution < -0.4 is 0 Å².